The van der Waals surface area contributed by atoms with Gasteiger partial charge in [0.2, 0.25) is 5.43 Å². The highest BCUT2D eigenvalue weighted by Gasteiger charge is 2.37. The van der Waals surface area contributed by atoms with Crippen LogP contribution in [0.15, 0.2) is 17.1 Å². The van der Waals surface area contributed by atoms with Gasteiger partial charge in [-0.15, -0.1) is 0 Å². The molecule has 0 bridgehead atoms. The number of hydrogen-bond acceptors (Lipinski definition) is 4. The summed E-state index contributed by atoms with van der Waals surface area (Å²) in [5.74, 6) is -0.316. The molecule has 1 aromatic heterocycles. The number of aromatic hydroxyl groups is 1. The number of aromatic nitrogens is 1. The molecule has 18 heavy (non-hydrogen) atoms. The SMILES string of the molecule is C[C@@H]1CC[C@H]2Nn3ccc(=O)c(O)c3C(=O)N2C1. The van der Waals surface area contributed by atoms with Gasteiger partial charge in [-0.1, -0.05) is 6.92 Å². The molecule has 1 saturated heterocycles. The summed E-state index contributed by atoms with van der Waals surface area (Å²) >= 11 is 0. The summed E-state index contributed by atoms with van der Waals surface area (Å²) in [5.41, 5.74) is 2.65. The molecular weight excluding hydrogens is 234 g/mol. The minimum atomic E-state index is -0.528. The molecule has 2 atom stereocenters. The summed E-state index contributed by atoms with van der Waals surface area (Å²) in [6, 6.07) is 1.25. The van der Waals surface area contributed by atoms with Crippen molar-refractivity contribution in [3.63, 3.8) is 0 Å². The van der Waals surface area contributed by atoms with Crippen LogP contribution < -0.4 is 10.9 Å². The van der Waals surface area contributed by atoms with Crippen molar-refractivity contribution in [2.24, 2.45) is 5.92 Å². The van der Waals surface area contributed by atoms with E-state index in [0.29, 0.717) is 12.5 Å². The maximum Gasteiger partial charge on any atom is 0.278 e. The summed E-state index contributed by atoms with van der Waals surface area (Å²) in [7, 11) is 0. The lowest BCUT2D eigenvalue weighted by Gasteiger charge is -2.43. The van der Waals surface area contributed by atoms with Crippen LogP contribution in [-0.2, 0) is 0 Å². The number of nitrogens with zero attached hydrogens (tertiary/aromatic N) is 2. The quantitative estimate of drug-likeness (QED) is 0.694. The van der Waals surface area contributed by atoms with E-state index < -0.39 is 11.2 Å². The van der Waals surface area contributed by atoms with Crippen molar-refractivity contribution < 1.29 is 9.90 Å². The molecule has 6 heteroatoms. The number of carbonyl (C=O) groups excluding carboxylic acids is 1. The molecule has 0 saturated carbocycles. The fourth-order valence-corrected chi connectivity index (χ4v) is 2.65. The molecule has 3 rings (SSSR count). The third-order valence-corrected chi connectivity index (χ3v) is 3.64. The van der Waals surface area contributed by atoms with Crippen molar-refractivity contribution in [1.82, 2.24) is 9.58 Å². The van der Waals surface area contributed by atoms with Gasteiger partial charge in [-0.2, -0.15) is 0 Å². The zero-order chi connectivity index (χ0) is 12.9. The topological polar surface area (TPSA) is 74.6 Å². The predicted molar refractivity (Wildman–Crippen MR) is 65.0 cm³/mol. The van der Waals surface area contributed by atoms with E-state index in [1.807, 2.05) is 0 Å². The van der Waals surface area contributed by atoms with Crippen LogP contribution in [0.4, 0.5) is 0 Å². The Balaban J connectivity index is 2.08. The van der Waals surface area contributed by atoms with Gasteiger partial charge in [0, 0.05) is 18.8 Å². The van der Waals surface area contributed by atoms with Crippen LogP contribution in [0.1, 0.15) is 30.3 Å². The number of pyridine rings is 1. The highest BCUT2D eigenvalue weighted by molar-refractivity contribution is 5.96. The lowest BCUT2D eigenvalue weighted by atomic mass is 9.97. The molecular formula is C12H15N3O3. The molecule has 2 N–H and O–H groups in total. The first-order valence-electron chi connectivity index (χ1n) is 6.10. The van der Waals surface area contributed by atoms with Gasteiger partial charge in [0.1, 0.15) is 6.17 Å². The summed E-state index contributed by atoms with van der Waals surface area (Å²) in [6.07, 6.45) is 3.37. The van der Waals surface area contributed by atoms with E-state index >= 15 is 0 Å². The van der Waals surface area contributed by atoms with Gasteiger partial charge >= 0.3 is 0 Å². The molecule has 0 aliphatic carbocycles. The average molecular weight is 249 g/mol. The Morgan fingerprint density at radius 1 is 1.39 bits per heavy atom. The van der Waals surface area contributed by atoms with Gasteiger partial charge in [-0.25, -0.2) is 0 Å². The van der Waals surface area contributed by atoms with Crippen LogP contribution >= 0.6 is 0 Å². The number of fused-ring (bicyclic) bond motifs is 2. The van der Waals surface area contributed by atoms with Crippen LogP contribution in [0.5, 0.6) is 5.75 Å². The fraction of sp³-hybridized carbons (Fsp3) is 0.500. The zero-order valence-corrected chi connectivity index (χ0v) is 10.1. The molecule has 2 aliphatic heterocycles. The Kier molecular flexibility index (Phi) is 2.33. The minimum absolute atomic E-state index is 0.0350. The lowest BCUT2D eigenvalue weighted by Crippen LogP contribution is -2.57. The van der Waals surface area contributed by atoms with E-state index in [9.17, 15) is 14.7 Å². The van der Waals surface area contributed by atoms with Gasteiger partial charge in [0.15, 0.2) is 11.4 Å². The first-order chi connectivity index (χ1) is 8.58. The summed E-state index contributed by atoms with van der Waals surface area (Å²) < 4.78 is 1.45. The van der Waals surface area contributed by atoms with Crippen LogP contribution in [0, 0.1) is 5.92 Å². The van der Waals surface area contributed by atoms with Crippen LogP contribution in [0.2, 0.25) is 0 Å². The van der Waals surface area contributed by atoms with E-state index in [0.717, 1.165) is 12.8 Å². The minimum Gasteiger partial charge on any atom is -0.502 e. The molecule has 96 valence electrons. The number of carbonyl (C=O) groups is 1. The number of nitrogens with one attached hydrogen (secondary N) is 1. The molecule has 0 radical (unpaired) electrons. The Labute approximate surface area is 104 Å². The maximum atomic E-state index is 12.3. The lowest BCUT2D eigenvalue weighted by molar-refractivity contribution is 0.0503. The molecule has 1 aromatic rings. The second kappa shape index (κ2) is 3.76. The first-order valence-corrected chi connectivity index (χ1v) is 6.10. The van der Waals surface area contributed by atoms with E-state index in [1.165, 1.54) is 16.9 Å². The highest BCUT2D eigenvalue weighted by atomic mass is 16.3. The maximum absolute atomic E-state index is 12.3. The van der Waals surface area contributed by atoms with Crippen molar-refractivity contribution in [2.75, 3.05) is 12.0 Å². The van der Waals surface area contributed by atoms with E-state index in [2.05, 4.69) is 12.3 Å². The third-order valence-electron chi connectivity index (χ3n) is 3.64. The summed E-state index contributed by atoms with van der Waals surface area (Å²) in [6.45, 7) is 2.75. The molecule has 2 aliphatic rings. The van der Waals surface area contributed by atoms with Crippen molar-refractivity contribution in [1.29, 1.82) is 0 Å². The molecule has 1 amide bonds. The van der Waals surface area contributed by atoms with Gasteiger partial charge in [0.25, 0.3) is 5.91 Å². The second-order valence-corrected chi connectivity index (χ2v) is 5.03. The largest absolute Gasteiger partial charge is 0.502 e. The van der Waals surface area contributed by atoms with Crippen molar-refractivity contribution >= 4 is 5.91 Å². The third kappa shape index (κ3) is 1.48. The monoisotopic (exact) mass is 249 g/mol. The molecule has 6 nitrogen and oxygen atoms in total. The van der Waals surface area contributed by atoms with Crippen molar-refractivity contribution in [3.8, 4) is 5.75 Å². The van der Waals surface area contributed by atoms with Gasteiger partial charge < -0.3 is 15.4 Å². The smallest absolute Gasteiger partial charge is 0.278 e. The average Bonchev–Trinajstić information content (AvgIpc) is 2.35. The standard InChI is InChI=1S/C12H15N3O3/c1-7-2-3-9-13-15-5-4-8(16)11(17)10(15)12(18)14(9)6-7/h4-5,7,9,13,17H,2-3,6H2,1H3/t7-,9+/m1/s1. The van der Waals surface area contributed by atoms with Crippen molar-refractivity contribution in [3.05, 3.63) is 28.2 Å². The predicted octanol–water partition coefficient (Wildman–Crippen LogP) is 0.309. The normalized spacial score (nSPS) is 26.3. The number of rotatable bonds is 0. The van der Waals surface area contributed by atoms with Crippen LogP contribution in [-0.4, -0.2) is 33.3 Å². The molecule has 1 fully saturated rings. The van der Waals surface area contributed by atoms with Crippen LogP contribution in [0.3, 0.4) is 0 Å². The molecule has 0 unspecified atom stereocenters. The Morgan fingerprint density at radius 2 is 2.17 bits per heavy atom. The zero-order valence-electron chi connectivity index (χ0n) is 10.1. The Hall–Kier alpha value is -1.98. The second-order valence-electron chi connectivity index (χ2n) is 5.03. The number of amides is 1. The number of piperidine rings is 1. The number of hydrogen-bond donors (Lipinski definition) is 2. The van der Waals surface area contributed by atoms with Crippen molar-refractivity contribution in [2.45, 2.75) is 25.9 Å². The first kappa shape index (κ1) is 11.1. The molecule has 0 aromatic carbocycles. The molecule has 3 heterocycles. The van der Waals surface area contributed by atoms with Gasteiger partial charge in [-0.05, 0) is 18.8 Å². The van der Waals surface area contributed by atoms with Crippen LogP contribution in [0.25, 0.3) is 0 Å². The summed E-state index contributed by atoms with van der Waals surface area (Å²) in [5, 5.41) is 9.75. The fourth-order valence-electron chi connectivity index (χ4n) is 2.65. The van der Waals surface area contributed by atoms with Gasteiger partial charge in [-0.3, -0.25) is 14.3 Å². The Morgan fingerprint density at radius 3 is 2.94 bits per heavy atom. The Bertz CT molecular complexity index is 566. The van der Waals surface area contributed by atoms with Gasteiger partial charge in [0.05, 0.1) is 0 Å². The van der Waals surface area contributed by atoms with E-state index in [1.54, 1.807) is 4.90 Å². The van der Waals surface area contributed by atoms with E-state index in [-0.39, 0.29) is 17.8 Å². The van der Waals surface area contributed by atoms with E-state index in [4.69, 9.17) is 0 Å². The summed E-state index contributed by atoms with van der Waals surface area (Å²) in [4.78, 5) is 25.4. The molecule has 0 spiro atoms. The highest BCUT2D eigenvalue weighted by Crippen LogP contribution is 2.27.